The van der Waals surface area contributed by atoms with Crippen LogP contribution < -0.4 is 0 Å². The van der Waals surface area contributed by atoms with Gasteiger partial charge in [0.25, 0.3) is 0 Å². The number of carboxylic acid groups (broad SMARTS) is 6. The smallest absolute Gasteiger partial charge is 0.327 e. The third-order valence-corrected chi connectivity index (χ3v) is 4.55. The van der Waals surface area contributed by atoms with Gasteiger partial charge < -0.3 is 35.4 Å². The van der Waals surface area contributed by atoms with Crippen LogP contribution in [0.25, 0.3) is 0 Å². The largest absolute Gasteiger partial charge is 0.480 e. The number of carbonyl (C=O) groups excluding carboxylic acids is 2. The minimum Gasteiger partial charge on any atom is -0.480 e. The van der Waals surface area contributed by atoms with E-state index in [-0.39, 0.29) is 26.2 Å². The lowest BCUT2D eigenvalue weighted by atomic mass is 10.3. The molecule has 0 aromatic rings. The number of esters is 2. The zero-order valence-corrected chi connectivity index (χ0v) is 20.6. The molecule has 0 aliphatic heterocycles. The molecule has 0 spiro atoms. The van der Waals surface area contributed by atoms with Crippen molar-refractivity contribution in [1.82, 2.24) is 19.6 Å². The van der Waals surface area contributed by atoms with Crippen LogP contribution in [0.4, 0.5) is 0 Å². The summed E-state index contributed by atoms with van der Waals surface area (Å²) in [7, 11) is 0. The Morgan fingerprint density at radius 2 is 0.538 bits per heavy atom. The Hall–Kier alpha value is -4.20. The van der Waals surface area contributed by atoms with Crippen LogP contribution in [0.15, 0.2) is 0 Å². The number of aliphatic carboxylic acids is 6. The number of carbonyl (C=O) groups is 8. The maximum Gasteiger partial charge on any atom is 0.327 e. The first-order valence-electron chi connectivity index (χ1n) is 11.0. The molecule has 6 N–H and O–H groups in total. The molecule has 220 valence electrons. The van der Waals surface area contributed by atoms with Crippen molar-refractivity contribution in [2.75, 3.05) is 78.5 Å². The molecule has 0 amide bonds. The second kappa shape index (κ2) is 18.1. The zero-order chi connectivity index (χ0) is 30.1. The van der Waals surface area contributed by atoms with Gasteiger partial charge in [-0.2, -0.15) is 0 Å². The van der Waals surface area contributed by atoms with Gasteiger partial charge in [-0.05, 0) is 0 Å². The minimum atomic E-state index is -1.39. The molecular weight excluding hydrogens is 536 g/mol. The molecule has 0 atom stereocenters. The Bertz CT molecular complexity index is 821. The van der Waals surface area contributed by atoms with E-state index in [0.717, 1.165) is 19.6 Å². The van der Waals surface area contributed by atoms with Crippen molar-refractivity contribution in [3.63, 3.8) is 0 Å². The molecule has 0 radical (unpaired) electrons. The standard InChI is InChI=1S/C20H30N4O15/c25-13(26)5-21(6-14(27)28)1-3-23(9-17(33)34)11-19(37)39-20(38)12-24(10-18(35)36)4-2-22(7-15(29)30)8-16(31)32/h1-12H2,(H,25,26)(H,27,28)(H,29,30)(H,31,32)(H,33,34)(H,35,36). The highest BCUT2D eigenvalue weighted by Crippen LogP contribution is 1.99. The van der Waals surface area contributed by atoms with Gasteiger partial charge >= 0.3 is 47.8 Å². The molecule has 0 unspecified atom stereocenters. The van der Waals surface area contributed by atoms with E-state index in [4.69, 9.17) is 30.6 Å². The lowest BCUT2D eigenvalue weighted by Crippen LogP contribution is -2.45. The van der Waals surface area contributed by atoms with E-state index in [1.807, 2.05) is 0 Å². The average molecular weight is 566 g/mol. The van der Waals surface area contributed by atoms with Gasteiger partial charge in [-0.15, -0.1) is 0 Å². The van der Waals surface area contributed by atoms with Crippen LogP contribution in [-0.4, -0.2) is 177 Å². The van der Waals surface area contributed by atoms with Gasteiger partial charge in [-0.3, -0.25) is 58.0 Å². The second-order valence-electron chi connectivity index (χ2n) is 8.05. The summed E-state index contributed by atoms with van der Waals surface area (Å²) in [6.45, 7) is -6.82. The van der Waals surface area contributed by atoms with Crippen molar-refractivity contribution >= 4 is 47.8 Å². The first-order chi connectivity index (χ1) is 18.1. The zero-order valence-electron chi connectivity index (χ0n) is 20.6. The van der Waals surface area contributed by atoms with Crippen LogP contribution in [-0.2, 0) is 43.1 Å². The van der Waals surface area contributed by atoms with Gasteiger partial charge in [-0.1, -0.05) is 0 Å². The molecule has 0 bridgehead atoms. The fourth-order valence-corrected chi connectivity index (χ4v) is 3.13. The maximum absolute atomic E-state index is 12.2. The summed E-state index contributed by atoms with van der Waals surface area (Å²) in [5, 5.41) is 53.6. The summed E-state index contributed by atoms with van der Waals surface area (Å²) in [5.74, 6) is -10.6. The Balaban J connectivity index is 5.14. The predicted molar refractivity (Wildman–Crippen MR) is 123 cm³/mol. The number of carboxylic acids is 6. The SMILES string of the molecule is O=C(O)CN(CCN(CC(=O)O)CC(=O)OC(=O)CN(CCN(CC(=O)O)CC(=O)O)CC(=O)O)CC(=O)O. The molecular formula is C20H30N4O15. The van der Waals surface area contributed by atoms with Gasteiger partial charge in [0.1, 0.15) is 0 Å². The molecule has 0 fully saturated rings. The lowest BCUT2D eigenvalue weighted by Gasteiger charge is -2.25. The van der Waals surface area contributed by atoms with E-state index in [9.17, 15) is 38.4 Å². The normalized spacial score (nSPS) is 11.1. The third kappa shape index (κ3) is 19.6. The summed E-state index contributed by atoms with van der Waals surface area (Å²) >= 11 is 0. The molecule has 0 rings (SSSR count). The van der Waals surface area contributed by atoms with Gasteiger partial charge in [0.2, 0.25) is 0 Å². The maximum atomic E-state index is 12.2. The predicted octanol–water partition coefficient (Wildman–Crippen LogP) is -4.23. The van der Waals surface area contributed by atoms with Crippen molar-refractivity contribution in [1.29, 1.82) is 0 Å². The topological polar surface area (TPSA) is 280 Å². The molecule has 0 aliphatic rings. The number of nitrogens with zero attached hydrogens (tertiary/aromatic N) is 4. The Morgan fingerprint density at radius 3 is 0.718 bits per heavy atom. The molecule has 0 saturated carbocycles. The van der Waals surface area contributed by atoms with Crippen LogP contribution in [0.3, 0.4) is 0 Å². The first-order valence-corrected chi connectivity index (χ1v) is 11.0. The Labute approximate surface area is 220 Å². The molecule has 0 heterocycles. The summed E-state index contributed by atoms with van der Waals surface area (Å²) in [5.41, 5.74) is 0. The summed E-state index contributed by atoms with van der Waals surface area (Å²) in [6, 6.07) is 0. The van der Waals surface area contributed by atoms with E-state index in [2.05, 4.69) is 4.74 Å². The van der Waals surface area contributed by atoms with Crippen molar-refractivity contribution in [2.24, 2.45) is 0 Å². The minimum absolute atomic E-state index is 0.261. The second-order valence-corrected chi connectivity index (χ2v) is 8.05. The fraction of sp³-hybridized carbons (Fsp3) is 0.600. The number of ether oxygens (including phenoxy) is 1. The Morgan fingerprint density at radius 1 is 0.359 bits per heavy atom. The molecule has 0 aliphatic carbocycles. The molecule has 19 nitrogen and oxygen atoms in total. The van der Waals surface area contributed by atoms with Gasteiger partial charge in [0.15, 0.2) is 0 Å². The van der Waals surface area contributed by atoms with Crippen molar-refractivity contribution in [2.45, 2.75) is 0 Å². The summed E-state index contributed by atoms with van der Waals surface area (Å²) in [4.78, 5) is 94.1. The van der Waals surface area contributed by atoms with Crippen LogP contribution in [0.2, 0.25) is 0 Å². The monoisotopic (exact) mass is 566 g/mol. The summed E-state index contributed by atoms with van der Waals surface area (Å²) < 4.78 is 4.60. The van der Waals surface area contributed by atoms with Gasteiger partial charge in [0.05, 0.1) is 52.4 Å². The average Bonchev–Trinajstić information content (AvgIpc) is 2.72. The third-order valence-electron chi connectivity index (χ3n) is 4.55. The van der Waals surface area contributed by atoms with E-state index in [1.54, 1.807) is 0 Å². The lowest BCUT2D eigenvalue weighted by molar-refractivity contribution is -0.162. The molecule has 0 aromatic carbocycles. The molecule has 0 saturated heterocycles. The van der Waals surface area contributed by atoms with Crippen molar-refractivity contribution < 1.29 is 73.7 Å². The van der Waals surface area contributed by atoms with E-state index in [1.165, 1.54) is 0 Å². The van der Waals surface area contributed by atoms with Gasteiger partial charge in [-0.25, -0.2) is 0 Å². The number of rotatable bonds is 22. The highest BCUT2D eigenvalue weighted by atomic mass is 16.6. The molecule has 0 aromatic heterocycles. The van der Waals surface area contributed by atoms with E-state index >= 15 is 0 Å². The van der Waals surface area contributed by atoms with Crippen LogP contribution in [0, 0.1) is 0 Å². The first kappa shape index (κ1) is 34.8. The van der Waals surface area contributed by atoms with E-state index < -0.39 is 100 Å². The highest BCUT2D eigenvalue weighted by Gasteiger charge is 2.23. The van der Waals surface area contributed by atoms with Crippen molar-refractivity contribution in [3.05, 3.63) is 0 Å². The quantitative estimate of drug-likeness (QED) is 0.0534. The van der Waals surface area contributed by atoms with Crippen LogP contribution in [0.1, 0.15) is 0 Å². The number of hydrogen-bond acceptors (Lipinski definition) is 13. The Kier molecular flexibility index (Phi) is 16.2. The van der Waals surface area contributed by atoms with Gasteiger partial charge in [0, 0.05) is 26.2 Å². The van der Waals surface area contributed by atoms with Crippen LogP contribution >= 0.6 is 0 Å². The molecule has 19 heteroatoms. The fourth-order valence-electron chi connectivity index (χ4n) is 3.13. The van der Waals surface area contributed by atoms with Crippen molar-refractivity contribution in [3.8, 4) is 0 Å². The van der Waals surface area contributed by atoms with Crippen LogP contribution in [0.5, 0.6) is 0 Å². The molecule has 39 heavy (non-hydrogen) atoms. The van der Waals surface area contributed by atoms with E-state index in [0.29, 0.717) is 0 Å². The number of hydrogen-bond donors (Lipinski definition) is 6. The summed E-state index contributed by atoms with van der Waals surface area (Å²) in [6.07, 6.45) is 0. The highest BCUT2D eigenvalue weighted by molar-refractivity contribution is 5.88.